The van der Waals surface area contributed by atoms with Crippen molar-refractivity contribution in [3.8, 4) is 0 Å². The Labute approximate surface area is 100 Å². The van der Waals surface area contributed by atoms with Crippen LogP contribution in [0.5, 0.6) is 0 Å². The zero-order chi connectivity index (χ0) is 11.6. The highest BCUT2D eigenvalue weighted by Gasteiger charge is 2.52. The molecule has 0 bridgehead atoms. The van der Waals surface area contributed by atoms with Crippen molar-refractivity contribution in [2.75, 3.05) is 0 Å². The number of fused-ring (bicyclic) bond motifs is 5. The molecule has 0 amide bonds. The quantitative estimate of drug-likeness (QED) is 0.666. The van der Waals surface area contributed by atoms with Gasteiger partial charge in [-0.05, 0) is 36.5 Å². The van der Waals surface area contributed by atoms with Gasteiger partial charge in [-0.1, -0.05) is 19.1 Å². The molecular formula is C15H14N2. The summed E-state index contributed by atoms with van der Waals surface area (Å²) in [7, 11) is 0. The van der Waals surface area contributed by atoms with E-state index in [4.69, 9.17) is 0 Å². The van der Waals surface area contributed by atoms with Crippen molar-refractivity contribution in [3.05, 3.63) is 35.5 Å². The molecule has 2 atom stereocenters. The van der Waals surface area contributed by atoms with E-state index < -0.39 is 0 Å². The SMILES string of the molecule is Cc1cnc2c3c(ccc2c1)C1CC1(C)C=N3. The van der Waals surface area contributed by atoms with Gasteiger partial charge in [-0.2, -0.15) is 0 Å². The standard InChI is InChI=1S/C15H14N2/c1-9-5-10-3-4-11-12-6-15(12,2)8-17-14(11)13(10)16-7-9/h3-5,7-8,12H,6H2,1-2H3. The van der Waals surface area contributed by atoms with Crippen molar-refractivity contribution in [1.29, 1.82) is 0 Å². The molecule has 0 saturated heterocycles. The second-order valence-electron chi connectivity index (χ2n) is 5.61. The molecular weight excluding hydrogens is 208 g/mol. The summed E-state index contributed by atoms with van der Waals surface area (Å²) in [6.45, 7) is 4.37. The molecule has 2 aromatic rings. The van der Waals surface area contributed by atoms with E-state index in [0.717, 1.165) is 11.2 Å². The lowest BCUT2D eigenvalue weighted by Gasteiger charge is -2.15. The smallest absolute Gasteiger partial charge is 0.0961 e. The number of benzene rings is 1. The van der Waals surface area contributed by atoms with Gasteiger partial charge in [0.1, 0.15) is 0 Å². The Bertz CT molecular complexity index is 672. The minimum absolute atomic E-state index is 0.325. The van der Waals surface area contributed by atoms with Crippen molar-refractivity contribution in [3.63, 3.8) is 0 Å². The fraction of sp³-hybridized carbons (Fsp3) is 0.333. The lowest BCUT2D eigenvalue weighted by atomic mass is 9.96. The Balaban J connectivity index is 2.05. The van der Waals surface area contributed by atoms with Crippen molar-refractivity contribution >= 4 is 22.8 Å². The number of hydrogen-bond donors (Lipinski definition) is 0. The second-order valence-corrected chi connectivity index (χ2v) is 5.61. The molecule has 2 heteroatoms. The van der Waals surface area contributed by atoms with E-state index in [1.807, 2.05) is 6.20 Å². The van der Waals surface area contributed by atoms with E-state index in [9.17, 15) is 0 Å². The summed E-state index contributed by atoms with van der Waals surface area (Å²) in [6.07, 6.45) is 5.29. The van der Waals surface area contributed by atoms with Gasteiger partial charge in [-0.15, -0.1) is 0 Å². The van der Waals surface area contributed by atoms with Crippen LogP contribution in [0.2, 0.25) is 0 Å². The Kier molecular flexibility index (Phi) is 1.51. The summed E-state index contributed by atoms with van der Waals surface area (Å²) < 4.78 is 0. The summed E-state index contributed by atoms with van der Waals surface area (Å²) in [6, 6.07) is 6.61. The van der Waals surface area contributed by atoms with Crippen LogP contribution in [0.3, 0.4) is 0 Å². The zero-order valence-electron chi connectivity index (χ0n) is 10.1. The highest BCUT2D eigenvalue weighted by Crippen LogP contribution is 2.62. The molecule has 2 nitrogen and oxygen atoms in total. The molecule has 2 heterocycles. The number of aromatic nitrogens is 1. The zero-order valence-corrected chi connectivity index (χ0v) is 10.1. The van der Waals surface area contributed by atoms with Gasteiger partial charge in [0, 0.05) is 23.2 Å². The van der Waals surface area contributed by atoms with Crippen LogP contribution in [0.15, 0.2) is 29.4 Å². The first kappa shape index (κ1) is 9.34. The average molecular weight is 222 g/mol. The third kappa shape index (κ3) is 1.15. The first-order valence-electron chi connectivity index (χ1n) is 6.12. The lowest BCUT2D eigenvalue weighted by molar-refractivity contribution is 0.770. The van der Waals surface area contributed by atoms with Crippen molar-refractivity contribution in [2.45, 2.75) is 26.2 Å². The summed E-state index contributed by atoms with van der Waals surface area (Å²) >= 11 is 0. The number of pyridine rings is 1. The van der Waals surface area contributed by atoms with Crippen molar-refractivity contribution in [1.82, 2.24) is 4.98 Å². The van der Waals surface area contributed by atoms with Crippen LogP contribution < -0.4 is 0 Å². The van der Waals surface area contributed by atoms with Crippen LogP contribution >= 0.6 is 0 Å². The summed E-state index contributed by atoms with van der Waals surface area (Å²) in [5.41, 5.74) is 5.07. The van der Waals surface area contributed by atoms with Crippen LogP contribution in [0.25, 0.3) is 10.9 Å². The van der Waals surface area contributed by atoms with E-state index in [2.05, 4.69) is 48.2 Å². The highest BCUT2D eigenvalue weighted by molar-refractivity contribution is 5.96. The van der Waals surface area contributed by atoms with Gasteiger partial charge in [-0.25, -0.2) is 0 Å². The van der Waals surface area contributed by atoms with Gasteiger partial charge in [0.2, 0.25) is 0 Å². The largest absolute Gasteiger partial charge is 0.258 e. The van der Waals surface area contributed by atoms with Crippen molar-refractivity contribution in [2.24, 2.45) is 10.4 Å². The molecule has 1 aromatic carbocycles. The number of aryl methyl sites for hydroxylation is 1. The van der Waals surface area contributed by atoms with Crippen LogP contribution in [0, 0.1) is 12.3 Å². The Morgan fingerprint density at radius 1 is 1.35 bits per heavy atom. The molecule has 4 rings (SSSR count). The molecule has 1 saturated carbocycles. The van der Waals surface area contributed by atoms with E-state index in [1.165, 1.54) is 22.9 Å². The second kappa shape index (κ2) is 2.76. The molecule has 1 aliphatic carbocycles. The van der Waals surface area contributed by atoms with E-state index >= 15 is 0 Å². The third-order valence-corrected chi connectivity index (χ3v) is 4.14. The fourth-order valence-corrected chi connectivity index (χ4v) is 2.93. The monoisotopic (exact) mass is 222 g/mol. The van der Waals surface area contributed by atoms with E-state index in [-0.39, 0.29) is 0 Å². The fourth-order valence-electron chi connectivity index (χ4n) is 2.93. The van der Waals surface area contributed by atoms with Gasteiger partial charge < -0.3 is 0 Å². The molecule has 0 spiro atoms. The maximum atomic E-state index is 4.66. The van der Waals surface area contributed by atoms with Gasteiger partial charge in [-0.3, -0.25) is 9.98 Å². The van der Waals surface area contributed by atoms with Crippen LogP contribution in [0.4, 0.5) is 5.69 Å². The average Bonchev–Trinajstić information content (AvgIpc) is 3.00. The number of nitrogens with zero attached hydrogens (tertiary/aromatic N) is 2. The molecule has 2 aliphatic rings. The Morgan fingerprint density at radius 2 is 2.24 bits per heavy atom. The molecule has 0 radical (unpaired) electrons. The molecule has 17 heavy (non-hydrogen) atoms. The van der Waals surface area contributed by atoms with Crippen LogP contribution in [-0.4, -0.2) is 11.2 Å². The molecule has 2 unspecified atom stereocenters. The first-order valence-corrected chi connectivity index (χ1v) is 6.12. The lowest BCUT2D eigenvalue weighted by Crippen LogP contribution is -2.04. The number of aliphatic imine (C=N–C) groups is 1. The predicted octanol–water partition coefficient (Wildman–Crippen LogP) is 3.75. The minimum Gasteiger partial charge on any atom is -0.258 e. The van der Waals surface area contributed by atoms with Gasteiger partial charge in [0.05, 0.1) is 11.2 Å². The summed E-state index contributed by atoms with van der Waals surface area (Å²) in [5.74, 6) is 0.669. The van der Waals surface area contributed by atoms with E-state index in [0.29, 0.717) is 11.3 Å². The Hall–Kier alpha value is -1.70. The maximum Gasteiger partial charge on any atom is 0.0961 e. The molecule has 84 valence electrons. The van der Waals surface area contributed by atoms with Gasteiger partial charge in [0.15, 0.2) is 0 Å². The minimum atomic E-state index is 0.325. The predicted molar refractivity (Wildman–Crippen MR) is 70.1 cm³/mol. The third-order valence-electron chi connectivity index (χ3n) is 4.14. The van der Waals surface area contributed by atoms with Crippen molar-refractivity contribution < 1.29 is 0 Å². The maximum absolute atomic E-state index is 4.66. The van der Waals surface area contributed by atoms with Crippen LogP contribution in [-0.2, 0) is 0 Å². The highest BCUT2D eigenvalue weighted by atomic mass is 14.8. The van der Waals surface area contributed by atoms with E-state index in [1.54, 1.807) is 0 Å². The Morgan fingerprint density at radius 3 is 3.12 bits per heavy atom. The molecule has 1 aliphatic heterocycles. The summed E-state index contributed by atoms with van der Waals surface area (Å²) in [4.78, 5) is 9.21. The first-order chi connectivity index (χ1) is 8.17. The molecule has 1 fully saturated rings. The number of rotatable bonds is 0. The van der Waals surface area contributed by atoms with Gasteiger partial charge in [0.25, 0.3) is 0 Å². The molecule has 0 N–H and O–H groups in total. The van der Waals surface area contributed by atoms with Crippen LogP contribution in [0.1, 0.15) is 30.4 Å². The van der Waals surface area contributed by atoms with Gasteiger partial charge >= 0.3 is 0 Å². The topological polar surface area (TPSA) is 25.2 Å². The number of hydrogen-bond acceptors (Lipinski definition) is 2. The summed E-state index contributed by atoms with van der Waals surface area (Å²) in [5, 5.41) is 1.20. The molecule has 1 aromatic heterocycles. The normalized spacial score (nSPS) is 28.9.